The lowest BCUT2D eigenvalue weighted by Gasteiger charge is -2.11. The van der Waals surface area contributed by atoms with Crippen LogP contribution in [0.3, 0.4) is 0 Å². The molecule has 0 aliphatic heterocycles. The Labute approximate surface area is 127 Å². The molecule has 0 bridgehead atoms. The minimum absolute atomic E-state index is 0.0105. The highest BCUT2D eigenvalue weighted by Gasteiger charge is 2.01. The number of rotatable bonds is 4. The number of hydrogen-bond donors (Lipinski definition) is 2. The zero-order chi connectivity index (χ0) is 15.1. The van der Waals surface area contributed by atoms with Crippen LogP contribution >= 0.6 is 11.6 Å². The van der Waals surface area contributed by atoms with Crippen LogP contribution in [-0.2, 0) is 0 Å². The molecule has 0 aromatic heterocycles. The van der Waals surface area contributed by atoms with Gasteiger partial charge in [-0.2, -0.15) is 10.5 Å². The molecule has 0 spiro atoms. The fourth-order valence-electron chi connectivity index (χ4n) is 1.65. The average molecular weight is 295 g/mol. The Morgan fingerprint density at radius 2 is 1.57 bits per heavy atom. The molecule has 0 radical (unpaired) electrons. The molecule has 102 valence electrons. The SMILES string of the molecule is N#CC(C#N)=CNc1ccccc1Nc1ccc(Cl)cc1. The maximum absolute atomic E-state index is 8.73. The van der Waals surface area contributed by atoms with Crippen LogP contribution in [0, 0.1) is 22.7 Å². The van der Waals surface area contributed by atoms with E-state index in [2.05, 4.69) is 10.6 Å². The Bertz CT molecular complexity index is 720. The van der Waals surface area contributed by atoms with Crippen LogP contribution in [0.2, 0.25) is 5.02 Å². The van der Waals surface area contributed by atoms with Crippen molar-refractivity contribution in [1.82, 2.24) is 0 Å². The maximum atomic E-state index is 8.73. The first kappa shape index (κ1) is 14.5. The molecule has 0 aliphatic rings. The van der Waals surface area contributed by atoms with Crippen LogP contribution < -0.4 is 10.6 Å². The van der Waals surface area contributed by atoms with E-state index in [4.69, 9.17) is 22.1 Å². The Hall–Kier alpha value is -2.95. The summed E-state index contributed by atoms with van der Waals surface area (Å²) >= 11 is 5.85. The van der Waals surface area contributed by atoms with Gasteiger partial charge < -0.3 is 10.6 Å². The highest BCUT2D eigenvalue weighted by atomic mass is 35.5. The number of anilines is 3. The van der Waals surface area contributed by atoms with Crippen LogP contribution in [-0.4, -0.2) is 0 Å². The molecule has 2 aromatic carbocycles. The van der Waals surface area contributed by atoms with Gasteiger partial charge in [0.05, 0.1) is 11.4 Å². The maximum Gasteiger partial charge on any atom is 0.145 e. The summed E-state index contributed by atoms with van der Waals surface area (Å²) in [6, 6.07) is 18.4. The molecular weight excluding hydrogens is 284 g/mol. The van der Waals surface area contributed by atoms with Crippen molar-refractivity contribution in [1.29, 1.82) is 10.5 Å². The molecule has 0 unspecified atom stereocenters. The highest BCUT2D eigenvalue weighted by Crippen LogP contribution is 2.26. The molecule has 0 aliphatic carbocycles. The summed E-state index contributed by atoms with van der Waals surface area (Å²) in [6.07, 6.45) is 1.38. The van der Waals surface area contributed by atoms with E-state index in [0.717, 1.165) is 17.1 Å². The van der Waals surface area contributed by atoms with Gasteiger partial charge in [-0.1, -0.05) is 23.7 Å². The van der Waals surface area contributed by atoms with E-state index in [0.29, 0.717) is 5.02 Å². The first-order chi connectivity index (χ1) is 10.2. The van der Waals surface area contributed by atoms with E-state index in [1.54, 1.807) is 24.3 Å². The largest absolute Gasteiger partial charge is 0.358 e. The van der Waals surface area contributed by atoms with Crippen molar-refractivity contribution in [2.45, 2.75) is 0 Å². The van der Waals surface area contributed by atoms with Gasteiger partial charge in [-0.05, 0) is 36.4 Å². The molecule has 0 saturated carbocycles. The molecule has 2 rings (SSSR count). The van der Waals surface area contributed by atoms with Crippen LogP contribution in [0.1, 0.15) is 0 Å². The number of benzene rings is 2. The van der Waals surface area contributed by atoms with E-state index in [9.17, 15) is 0 Å². The minimum Gasteiger partial charge on any atom is -0.358 e. The van der Waals surface area contributed by atoms with Crippen LogP contribution in [0.15, 0.2) is 60.3 Å². The van der Waals surface area contributed by atoms with Gasteiger partial charge in [-0.3, -0.25) is 0 Å². The second kappa shape index (κ2) is 7.00. The first-order valence-corrected chi connectivity index (χ1v) is 6.49. The Morgan fingerprint density at radius 3 is 2.19 bits per heavy atom. The number of hydrogen-bond acceptors (Lipinski definition) is 4. The fraction of sp³-hybridized carbons (Fsp3) is 0. The van der Waals surface area contributed by atoms with Gasteiger partial charge in [0.15, 0.2) is 0 Å². The van der Waals surface area contributed by atoms with Crippen molar-refractivity contribution < 1.29 is 0 Å². The summed E-state index contributed by atoms with van der Waals surface area (Å²) < 4.78 is 0. The number of nitrogens with one attached hydrogen (secondary N) is 2. The standard InChI is InChI=1S/C16H11ClN4/c17-13-5-7-14(8-6-13)21-16-4-2-1-3-15(16)20-11-12(9-18)10-19/h1-8,11,20-21H. The zero-order valence-electron chi connectivity index (χ0n) is 11.0. The Kier molecular flexibility index (Phi) is 4.82. The van der Waals surface area contributed by atoms with Crippen molar-refractivity contribution in [2.24, 2.45) is 0 Å². The minimum atomic E-state index is 0.0105. The van der Waals surface area contributed by atoms with E-state index in [1.807, 2.05) is 36.4 Å². The molecule has 21 heavy (non-hydrogen) atoms. The van der Waals surface area contributed by atoms with Gasteiger partial charge in [0, 0.05) is 16.9 Å². The first-order valence-electron chi connectivity index (χ1n) is 6.11. The van der Waals surface area contributed by atoms with Crippen molar-refractivity contribution in [3.8, 4) is 12.1 Å². The second-order valence-electron chi connectivity index (χ2n) is 4.10. The third-order valence-corrected chi connectivity index (χ3v) is 2.92. The molecular formula is C16H11ClN4. The summed E-state index contributed by atoms with van der Waals surface area (Å²) in [5.74, 6) is 0. The summed E-state index contributed by atoms with van der Waals surface area (Å²) in [4.78, 5) is 0. The molecule has 0 atom stereocenters. The molecule has 5 heteroatoms. The molecule has 0 amide bonds. The quantitative estimate of drug-likeness (QED) is 0.818. The topological polar surface area (TPSA) is 71.6 Å². The lowest BCUT2D eigenvalue weighted by atomic mass is 10.2. The summed E-state index contributed by atoms with van der Waals surface area (Å²) in [6.45, 7) is 0. The molecule has 4 nitrogen and oxygen atoms in total. The smallest absolute Gasteiger partial charge is 0.145 e. The van der Waals surface area contributed by atoms with Gasteiger partial charge in [-0.15, -0.1) is 0 Å². The number of nitriles is 2. The van der Waals surface area contributed by atoms with E-state index < -0.39 is 0 Å². The normalized spacial score (nSPS) is 9.10. The fourth-order valence-corrected chi connectivity index (χ4v) is 1.77. The number of nitrogens with zero attached hydrogens (tertiary/aromatic N) is 2. The molecule has 0 heterocycles. The van der Waals surface area contributed by atoms with E-state index in [1.165, 1.54) is 6.20 Å². The Morgan fingerprint density at radius 1 is 0.952 bits per heavy atom. The predicted octanol–water partition coefficient (Wildman–Crippen LogP) is 4.43. The van der Waals surface area contributed by atoms with Gasteiger partial charge in [0.1, 0.15) is 17.7 Å². The van der Waals surface area contributed by atoms with E-state index >= 15 is 0 Å². The van der Waals surface area contributed by atoms with Crippen molar-refractivity contribution in [3.63, 3.8) is 0 Å². The third-order valence-electron chi connectivity index (χ3n) is 2.66. The van der Waals surface area contributed by atoms with Crippen molar-refractivity contribution in [3.05, 3.63) is 65.3 Å². The lowest BCUT2D eigenvalue weighted by Crippen LogP contribution is -1.97. The molecule has 2 N–H and O–H groups in total. The monoisotopic (exact) mass is 294 g/mol. The van der Waals surface area contributed by atoms with Crippen molar-refractivity contribution >= 4 is 28.7 Å². The Balaban J connectivity index is 2.21. The molecule has 2 aromatic rings. The van der Waals surface area contributed by atoms with Crippen molar-refractivity contribution in [2.75, 3.05) is 10.6 Å². The lowest BCUT2D eigenvalue weighted by molar-refractivity contribution is 1.44. The van der Waals surface area contributed by atoms with Crippen LogP contribution in [0.5, 0.6) is 0 Å². The summed E-state index contributed by atoms with van der Waals surface area (Å²) in [5.41, 5.74) is 2.48. The molecule has 0 fully saturated rings. The number of halogens is 1. The second-order valence-corrected chi connectivity index (χ2v) is 4.54. The van der Waals surface area contributed by atoms with E-state index in [-0.39, 0.29) is 5.57 Å². The number of para-hydroxylation sites is 2. The van der Waals surface area contributed by atoms with Gasteiger partial charge >= 0.3 is 0 Å². The molecule has 0 saturated heterocycles. The number of allylic oxidation sites excluding steroid dienone is 1. The van der Waals surface area contributed by atoms with Crippen LogP contribution in [0.25, 0.3) is 0 Å². The predicted molar refractivity (Wildman–Crippen MR) is 84.1 cm³/mol. The zero-order valence-corrected chi connectivity index (χ0v) is 11.7. The van der Waals surface area contributed by atoms with Gasteiger partial charge in [-0.25, -0.2) is 0 Å². The van der Waals surface area contributed by atoms with Crippen LogP contribution in [0.4, 0.5) is 17.1 Å². The van der Waals surface area contributed by atoms with Gasteiger partial charge in [0.25, 0.3) is 0 Å². The summed E-state index contributed by atoms with van der Waals surface area (Å²) in [5, 5.41) is 24.3. The summed E-state index contributed by atoms with van der Waals surface area (Å²) in [7, 11) is 0. The average Bonchev–Trinajstić information content (AvgIpc) is 2.52. The third kappa shape index (κ3) is 4.01. The highest BCUT2D eigenvalue weighted by molar-refractivity contribution is 6.30. The van der Waals surface area contributed by atoms with Gasteiger partial charge in [0.2, 0.25) is 0 Å².